The summed E-state index contributed by atoms with van der Waals surface area (Å²) in [5.74, 6) is 2.40. The Kier molecular flexibility index (Phi) is 8.61. The quantitative estimate of drug-likeness (QED) is 0.0913. The summed E-state index contributed by atoms with van der Waals surface area (Å²) in [6, 6.07) is 70.5. The van der Waals surface area contributed by atoms with Crippen molar-refractivity contribution < 1.29 is 9.30 Å². The van der Waals surface area contributed by atoms with Crippen molar-refractivity contribution >= 4 is 46.4 Å². The summed E-state index contributed by atoms with van der Waals surface area (Å²) in [6.07, 6.45) is 5.70. The van der Waals surface area contributed by atoms with Crippen molar-refractivity contribution in [3.8, 4) is 56.3 Å². The molecule has 10 aromatic rings. The van der Waals surface area contributed by atoms with Crippen LogP contribution in [-0.2, 0) is 0 Å². The highest BCUT2D eigenvalue weighted by molar-refractivity contribution is 6.86. The van der Waals surface area contributed by atoms with Crippen LogP contribution in [0.5, 0.6) is 11.5 Å². The second-order valence-corrected chi connectivity index (χ2v) is 16.3. The van der Waals surface area contributed by atoms with Gasteiger partial charge in [0.25, 0.3) is 6.33 Å². The molecule has 2 aromatic heterocycles. The minimum absolute atomic E-state index is 0.129. The molecule has 6 nitrogen and oxygen atoms in total. The molecule has 0 fully saturated rings. The molecule has 12 rings (SSSR count). The van der Waals surface area contributed by atoms with Crippen LogP contribution in [0.3, 0.4) is 0 Å². The van der Waals surface area contributed by atoms with E-state index in [0.29, 0.717) is 0 Å². The highest BCUT2D eigenvalue weighted by Crippen LogP contribution is 2.52. The Morgan fingerprint density at radius 1 is 0.524 bits per heavy atom. The highest BCUT2D eigenvalue weighted by atomic mass is 16.5. The maximum Gasteiger partial charge on any atom is 0.422 e. The number of nitrogens with zero attached hydrogens (tertiary/aromatic N) is 5. The number of rotatable bonds is 7. The van der Waals surface area contributed by atoms with Crippen LogP contribution in [0.2, 0.25) is 0 Å². The lowest BCUT2D eigenvalue weighted by Crippen LogP contribution is -2.56. The summed E-state index contributed by atoms with van der Waals surface area (Å²) in [6.45, 7) is 4.27. The Balaban J connectivity index is 0.971. The van der Waals surface area contributed by atoms with Gasteiger partial charge < -0.3 is 14.4 Å². The summed E-state index contributed by atoms with van der Waals surface area (Å²) in [7, 11) is 0. The first kappa shape index (κ1) is 36.7. The number of fused-ring (bicyclic) bond motifs is 9. The van der Waals surface area contributed by atoms with Crippen molar-refractivity contribution in [1.29, 1.82) is 0 Å². The number of aryl methyl sites for hydroxylation is 2. The molecule has 0 unspecified atom stereocenters. The Hall–Kier alpha value is -8.16. The van der Waals surface area contributed by atoms with E-state index in [1.165, 1.54) is 27.8 Å². The topological polar surface area (TPSA) is 37.4 Å². The van der Waals surface area contributed by atoms with Crippen molar-refractivity contribution in [3.63, 3.8) is 0 Å². The van der Waals surface area contributed by atoms with Crippen LogP contribution in [0.4, 0.5) is 22.9 Å². The lowest BCUT2D eigenvalue weighted by Gasteiger charge is -2.36. The zero-order valence-corrected chi connectivity index (χ0v) is 34.9. The van der Waals surface area contributed by atoms with E-state index in [1.807, 2.05) is 18.3 Å². The molecule has 0 saturated carbocycles. The second-order valence-electron chi connectivity index (χ2n) is 16.3. The van der Waals surface area contributed by atoms with Crippen LogP contribution in [0, 0.1) is 20.2 Å². The predicted octanol–water partition coefficient (Wildman–Crippen LogP) is 12.5. The van der Waals surface area contributed by atoms with Crippen molar-refractivity contribution in [2.24, 2.45) is 0 Å². The molecule has 0 atom stereocenters. The number of hydrogen-bond acceptors (Lipinski definition) is 4. The number of para-hydroxylation sites is 4. The molecule has 2 aliphatic rings. The predicted molar refractivity (Wildman–Crippen MR) is 256 cm³/mol. The maximum absolute atomic E-state index is 6.85. The van der Waals surface area contributed by atoms with Crippen LogP contribution in [0.25, 0.3) is 55.8 Å². The highest BCUT2D eigenvalue weighted by Gasteiger charge is 2.49. The molecular formula is C56H40BN5O. The zero-order valence-electron chi connectivity index (χ0n) is 34.9. The van der Waals surface area contributed by atoms with E-state index < -0.39 is 0 Å². The lowest BCUT2D eigenvalue weighted by molar-refractivity contribution is -0.571. The van der Waals surface area contributed by atoms with E-state index in [0.717, 1.165) is 78.9 Å². The van der Waals surface area contributed by atoms with Crippen LogP contribution >= 0.6 is 0 Å². The third kappa shape index (κ3) is 5.96. The van der Waals surface area contributed by atoms with Gasteiger partial charge in [0.2, 0.25) is 0 Å². The molecular weight excluding hydrogens is 769 g/mol. The van der Waals surface area contributed by atoms with E-state index in [2.05, 4.69) is 227 Å². The van der Waals surface area contributed by atoms with Crippen LogP contribution in [0.1, 0.15) is 11.1 Å². The first-order valence-corrected chi connectivity index (χ1v) is 21.4. The first-order chi connectivity index (χ1) is 31.1. The number of imidazole rings is 1. The van der Waals surface area contributed by atoms with Gasteiger partial charge in [-0.15, -0.1) is 0 Å². The van der Waals surface area contributed by atoms with Gasteiger partial charge in [-0.1, -0.05) is 152 Å². The van der Waals surface area contributed by atoms with Crippen LogP contribution in [-0.4, -0.2) is 16.5 Å². The van der Waals surface area contributed by atoms with Gasteiger partial charge in [-0.25, -0.2) is 4.98 Å². The van der Waals surface area contributed by atoms with Gasteiger partial charge in [-0.05, 0) is 101 Å². The minimum atomic E-state index is -0.129. The van der Waals surface area contributed by atoms with E-state index in [1.54, 1.807) is 0 Å². The molecule has 0 saturated heterocycles. The summed E-state index contributed by atoms with van der Waals surface area (Å²) in [5.41, 5.74) is 18.0. The largest absolute Gasteiger partial charge is 0.458 e. The molecule has 0 N–H and O–H groups in total. The third-order valence-corrected chi connectivity index (χ3v) is 12.5. The van der Waals surface area contributed by atoms with E-state index in [-0.39, 0.29) is 6.98 Å². The molecule has 0 bridgehead atoms. The van der Waals surface area contributed by atoms with E-state index in [9.17, 15) is 0 Å². The van der Waals surface area contributed by atoms with Gasteiger partial charge in [-0.3, -0.25) is 9.13 Å². The Bertz CT molecular complexity index is 3300. The summed E-state index contributed by atoms with van der Waals surface area (Å²) in [5, 5.41) is 0. The van der Waals surface area contributed by atoms with Crippen molar-refractivity contribution in [2.45, 2.75) is 13.8 Å². The van der Waals surface area contributed by atoms with Crippen LogP contribution in [0.15, 0.2) is 206 Å². The average Bonchev–Trinajstić information content (AvgIpc) is 3.89. The Labute approximate surface area is 367 Å². The fraction of sp³-hybridized carbons (Fsp3) is 0.0357. The van der Waals surface area contributed by atoms with Crippen LogP contribution < -0.4 is 24.4 Å². The molecule has 298 valence electrons. The molecule has 8 aromatic carbocycles. The van der Waals surface area contributed by atoms with E-state index in [4.69, 9.17) is 9.72 Å². The monoisotopic (exact) mass is 809 g/mol. The molecule has 4 heterocycles. The number of pyridine rings is 1. The standard InChI is InChI=1S/C56H40BN5O/c1-38-17-13-18-39(2)54(38)61-52-33-32-44(36-53(52)62-56-48(28-16-34-58-56)47-25-9-10-29-49(47)57(61)62)63-43-24-14-23-42(35-43)59-37-60(51-31-12-11-30-50(51)59)55-45(40-19-5-3-6-20-40)26-15-27-46(55)41-21-7-4-8-22-41/h3-36H,1-2H3. The Morgan fingerprint density at radius 3 is 1.94 bits per heavy atom. The molecule has 0 aliphatic carbocycles. The summed E-state index contributed by atoms with van der Waals surface area (Å²) in [4.78, 5) is 9.91. The van der Waals surface area contributed by atoms with Crippen molar-refractivity contribution in [3.05, 3.63) is 224 Å². The van der Waals surface area contributed by atoms with Crippen molar-refractivity contribution in [2.75, 3.05) is 9.62 Å². The number of anilines is 4. The average molecular weight is 810 g/mol. The Morgan fingerprint density at radius 2 is 1.16 bits per heavy atom. The number of ether oxygens (including phenoxy) is 1. The van der Waals surface area contributed by atoms with Gasteiger partial charge in [-0.2, -0.15) is 0 Å². The number of benzene rings is 8. The molecule has 63 heavy (non-hydrogen) atoms. The second kappa shape index (κ2) is 14.8. The smallest absolute Gasteiger partial charge is 0.422 e. The zero-order chi connectivity index (χ0) is 42.0. The maximum atomic E-state index is 6.85. The molecule has 7 heteroatoms. The van der Waals surface area contributed by atoms with Gasteiger partial charge in [0.1, 0.15) is 17.3 Å². The molecule has 0 spiro atoms. The van der Waals surface area contributed by atoms with Crippen molar-refractivity contribution in [1.82, 2.24) is 9.55 Å². The number of aromatic nitrogens is 3. The fourth-order valence-corrected chi connectivity index (χ4v) is 9.77. The fourth-order valence-electron chi connectivity index (χ4n) is 9.77. The van der Waals surface area contributed by atoms with Gasteiger partial charge in [0, 0.05) is 23.5 Å². The summed E-state index contributed by atoms with van der Waals surface area (Å²) >= 11 is 0. The van der Waals surface area contributed by atoms with Gasteiger partial charge in [0.15, 0.2) is 0 Å². The summed E-state index contributed by atoms with van der Waals surface area (Å²) < 4.78 is 11.2. The molecule has 0 radical (unpaired) electrons. The minimum Gasteiger partial charge on any atom is -0.458 e. The lowest BCUT2D eigenvalue weighted by atomic mass is 9.59. The van der Waals surface area contributed by atoms with E-state index >= 15 is 0 Å². The first-order valence-electron chi connectivity index (χ1n) is 21.4. The molecule has 0 amide bonds. The van der Waals surface area contributed by atoms with Gasteiger partial charge in [0.05, 0.1) is 33.8 Å². The number of hydrogen-bond donors (Lipinski definition) is 0. The SMILES string of the molecule is Cc1cccc(C)c1N1B2c3ccccc3-c3cccnc3N2c2cc(Oc3cccc(-n4[c-][n+](-c5c(-c6ccccc6)cccc5-c5ccccc5)c5ccccc54)c3)ccc21. The normalized spacial score (nSPS) is 12.5. The molecule has 2 aliphatic heterocycles. The third-order valence-electron chi connectivity index (χ3n) is 12.5. The van der Waals surface area contributed by atoms with Gasteiger partial charge >= 0.3 is 6.98 Å².